The van der Waals surface area contributed by atoms with Gasteiger partial charge in [-0.15, -0.1) is 0 Å². The Morgan fingerprint density at radius 1 is 1.15 bits per heavy atom. The summed E-state index contributed by atoms with van der Waals surface area (Å²) >= 11 is 11.9. The molecule has 0 atom stereocenters. The number of carbonyl (C=O) groups is 3. The lowest BCUT2D eigenvalue weighted by Crippen LogP contribution is -2.35. The van der Waals surface area contributed by atoms with Crippen LogP contribution in [0.5, 0.6) is 0 Å². The minimum Gasteiger partial charge on any atom is -0.356 e. The molecule has 3 amide bonds. The third-order valence-corrected chi connectivity index (χ3v) is 4.61. The smallest absolute Gasteiger partial charge is 0.280 e. The van der Waals surface area contributed by atoms with E-state index in [0.29, 0.717) is 23.0 Å². The molecule has 1 aliphatic rings. The number of nitrogens with zero attached hydrogens (tertiary/aromatic N) is 2. The fourth-order valence-corrected chi connectivity index (χ4v) is 3.18. The Hall–Kier alpha value is -2.44. The van der Waals surface area contributed by atoms with Gasteiger partial charge in [-0.05, 0) is 36.2 Å². The average molecular weight is 392 g/mol. The normalized spacial score (nSPS) is 13.1. The van der Waals surface area contributed by atoms with Gasteiger partial charge in [-0.2, -0.15) is 0 Å². The molecule has 0 saturated heterocycles. The van der Waals surface area contributed by atoms with E-state index >= 15 is 0 Å². The molecule has 2 heterocycles. The molecule has 134 valence electrons. The van der Waals surface area contributed by atoms with Crippen molar-refractivity contribution < 1.29 is 14.4 Å². The molecule has 0 unspecified atom stereocenters. The first-order valence-corrected chi connectivity index (χ1v) is 8.75. The molecule has 1 aromatic carbocycles. The van der Waals surface area contributed by atoms with Crippen LogP contribution >= 0.6 is 23.2 Å². The molecule has 8 heteroatoms. The summed E-state index contributed by atoms with van der Waals surface area (Å²) < 4.78 is 0. The zero-order chi connectivity index (χ0) is 18.7. The number of amides is 3. The topological polar surface area (TPSA) is 79.4 Å². The van der Waals surface area contributed by atoms with Gasteiger partial charge in [-0.1, -0.05) is 29.3 Å². The summed E-state index contributed by atoms with van der Waals surface area (Å²) in [7, 11) is 0. The van der Waals surface area contributed by atoms with Crippen molar-refractivity contribution >= 4 is 40.9 Å². The number of fused-ring (bicyclic) bond motifs is 1. The number of nitrogens with one attached hydrogen (secondary N) is 1. The fraction of sp³-hybridized carbons (Fsp3) is 0.222. The average Bonchev–Trinajstić information content (AvgIpc) is 2.86. The molecule has 0 aliphatic carbocycles. The molecule has 1 N–H and O–H groups in total. The van der Waals surface area contributed by atoms with Crippen LogP contribution in [0.1, 0.15) is 32.8 Å². The maximum atomic E-state index is 12.2. The molecule has 0 fully saturated rings. The Kier molecular flexibility index (Phi) is 5.54. The van der Waals surface area contributed by atoms with Crippen molar-refractivity contribution in [2.45, 2.75) is 12.8 Å². The second-order valence-electron chi connectivity index (χ2n) is 5.75. The van der Waals surface area contributed by atoms with Crippen molar-refractivity contribution in [2.75, 3.05) is 13.1 Å². The van der Waals surface area contributed by atoms with Crippen LogP contribution in [0.2, 0.25) is 10.0 Å². The number of halogens is 2. The highest BCUT2D eigenvalue weighted by Gasteiger charge is 2.36. The number of aromatic nitrogens is 1. The van der Waals surface area contributed by atoms with Gasteiger partial charge in [0.2, 0.25) is 5.91 Å². The van der Waals surface area contributed by atoms with E-state index in [9.17, 15) is 14.4 Å². The molecule has 2 aromatic rings. The number of hydrogen-bond acceptors (Lipinski definition) is 4. The number of carbonyl (C=O) groups excluding carboxylic acids is 3. The highest BCUT2D eigenvalue weighted by Crippen LogP contribution is 2.21. The van der Waals surface area contributed by atoms with Crippen molar-refractivity contribution in [3.63, 3.8) is 0 Å². The molecule has 26 heavy (non-hydrogen) atoms. The third kappa shape index (κ3) is 3.86. The molecule has 3 rings (SSSR count). The second kappa shape index (κ2) is 7.85. The van der Waals surface area contributed by atoms with Gasteiger partial charge in [-0.3, -0.25) is 24.3 Å². The monoisotopic (exact) mass is 391 g/mol. The van der Waals surface area contributed by atoms with Crippen molar-refractivity contribution in [2.24, 2.45) is 0 Å². The number of benzene rings is 1. The summed E-state index contributed by atoms with van der Waals surface area (Å²) in [5.74, 6) is -1.13. The number of pyridine rings is 1. The van der Waals surface area contributed by atoms with Crippen LogP contribution in [-0.2, 0) is 11.2 Å². The van der Waals surface area contributed by atoms with E-state index in [-0.39, 0.29) is 30.1 Å². The minimum atomic E-state index is -0.466. The van der Waals surface area contributed by atoms with Crippen molar-refractivity contribution in [1.29, 1.82) is 0 Å². The Balaban J connectivity index is 1.48. The van der Waals surface area contributed by atoms with E-state index in [2.05, 4.69) is 10.3 Å². The van der Waals surface area contributed by atoms with Crippen molar-refractivity contribution in [1.82, 2.24) is 15.2 Å². The van der Waals surface area contributed by atoms with Crippen LogP contribution in [-0.4, -0.2) is 40.7 Å². The van der Waals surface area contributed by atoms with Gasteiger partial charge < -0.3 is 5.32 Å². The number of imide groups is 1. The van der Waals surface area contributed by atoms with Crippen molar-refractivity contribution in [3.05, 3.63) is 63.4 Å². The van der Waals surface area contributed by atoms with E-state index in [1.165, 1.54) is 6.20 Å². The molecule has 0 bridgehead atoms. The summed E-state index contributed by atoms with van der Waals surface area (Å²) in [6.07, 6.45) is 2.04. The van der Waals surface area contributed by atoms with Gasteiger partial charge in [0, 0.05) is 35.8 Å². The molecular weight excluding hydrogens is 377 g/mol. The predicted molar refractivity (Wildman–Crippen MR) is 97.4 cm³/mol. The first-order chi connectivity index (χ1) is 12.5. The van der Waals surface area contributed by atoms with Crippen LogP contribution in [0.15, 0.2) is 36.5 Å². The second-order valence-corrected chi connectivity index (χ2v) is 6.59. The van der Waals surface area contributed by atoms with Gasteiger partial charge in [0.15, 0.2) is 0 Å². The molecule has 0 radical (unpaired) electrons. The van der Waals surface area contributed by atoms with Crippen LogP contribution in [0.3, 0.4) is 0 Å². The van der Waals surface area contributed by atoms with Crippen LogP contribution in [0.25, 0.3) is 0 Å². The Morgan fingerprint density at radius 3 is 2.69 bits per heavy atom. The van der Waals surface area contributed by atoms with Gasteiger partial charge in [-0.25, -0.2) is 0 Å². The van der Waals surface area contributed by atoms with E-state index in [1.807, 2.05) is 6.07 Å². The Morgan fingerprint density at radius 2 is 1.96 bits per heavy atom. The molecule has 0 spiro atoms. The third-order valence-electron chi connectivity index (χ3n) is 4.03. The zero-order valence-electron chi connectivity index (χ0n) is 13.7. The maximum Gasteiger partial charge on any atom is 0.280 e. The summed E-state index contributed by atoms with van der Waals surface area (Å²) in [5.41, 5.74) is 1.29. The summed E-state index contributed by atoms with van der Waals surface area (Å²) in [4.78, 5) is 41.3. The molecule has 0 saturated carbocycles. The Labute approximate surface area is 160 Å². The lowest BCUT2D eigenvalue weighted by Gasteiger charge is -2.13. The first kappa shape index (κ1) is 18.4. The molecule has 6 nitrogen and oxygen atoms in total. The number of hydrogen-bond donors (Lipinski definition) is 1. The van der Waals surface area contributed by atoms with E-state index in [0.717, 1.165) is 10.5 Å². The lowest BCUT2D eigenvalue weighted by molar-refractivity contribution is -0.121. The van der Waals surface area contributed by atoms with Crippen LogP contribution in [0, 0.1) is 0 Å². The largest absolute Gasteiger partial charge is 0.356 e. The summed E-state index contributed by atoms with van der Waals surface area (Å²) in [5, 5.41) is 3.85. The highest BCUT2D eigenvalue weighted by molar-refractivity contribution is 6.35. The van der Waals surface area contributed by atoms with Crippen LogP contribution in [0.4, 0.5) is 0 Å². The van der Waals surface area contributed by atoms with Crippen LogP contribution < -0.4 is 5.32 Å². The lowest BCUT2D eigenvalue weighted by atomic mass is 10.1. The Bertz CT molecular complexity index is 851. The quantitative estimate of drug-likeness (QED) is 0.767. The number of rotatable bonds is 6. The van der Waals surface area contributed by atoms with E-state index in [1.54, 1.807) is 24.3 Å². The molecular formula is C18H15Cl2N3O3. The summed E-state index contributed by atoms with van der Waals surface area (Å²) in [6, 6.07) is 8.35. The fourth-order valence-electron chi connectivity index (χ4n) is 2.68. The van der Waals surface area contributed by atoms with Gasteiger partial charge in [0.1, 0.15) is 5.69 Å². The van der Waals surface area contributed by atoms with Gasteiger partial charge in [0.25, 0.3) is 11.8 Å². The van der Waals surface area contributed by atoms with E-state index in [4.69, 9.17) is 23.2 Å². The zero-order valence-corrected chi connectivity index (χ0v) is 15.2. The standard InChI is InChI=1S/C18H15Cl2N3O3/c19-12-4-3-11(14(20)10-12)5-8-21-15(24)6-9-23-17(25)13-2-1-7-22-16(13)18(23)26/h1-4,7,10H,5-6,8-9H2,(H,21,24). The maximum absolute atomic E-state index is 12.2. The minimum absolute atomic E-state index is 0.0154. The predicted octanol–water partition coefficient (Wildman–Crippen LogP) is 2.73. The SMILES string of the molecule is O=C(CCN1C(=O)c2cccnc2C1=O)NCCc1ccc(Cl)cc1Cl. The molecule has 1 aliphatic heterocycles. The first-order valence-electron chi connectivity index (χ1n) is 7.99. The van der Waals surface area contributed by atoms with E-state index < -0.39 is 11.8 Å². The van der Waals surface area contributed by atoms with Gasteiger partial charge >= 0.3 is 0 Å². The molecule has 1 aromatic heterocycles. The van der Waals surface area contributed by atoms with Gasteiger partial charge in [0.05, 0.1) is 5.56 Å². The van der Waals surface area contributed by atoms with Crippen molar-refractivity contribution in [3.8, 4) is 0 Å². The summed E-state index contributed by atoms with van der Waals surface area (Å²) in [6.45, 7) is 0.408. The highest BCUT2D eigenvalue weighted by atomic mass is 35.5.